The quantitative estimate of drug-likeness (QED) is 0.675. The smallest absolute Gasteiger partial charge is 0.257 e. The Hall–Kier alpha value is -3.10. The third kappa shape index (κ3) is 5.18. The lowest BCUT2D eigenvalue weighted by atomic mass is 9.94. The summed E-state index contributed by atoms with van der Waals surface area (Å²) in [5.41, 5.74) is 1.18. The molecule has 9 heteroatoms. The van der Waals surface area contributed by atoms with Gasteiger partial charge in [0.15, 0.2) is 0 Å². The van der Waals surface area contributed by atoms with Crippen molar-refractivity contribution in [2.24, 2.45) is 0 Å². The Kier molecular flexibility index (Phi) is 7.38. The number of fused-ring (bicyclic) bond motifs is 2. The zero-order valence-electron chi connectivity index (χ0n) is 19.2. The van der Waals surface area contributed by atoms with E-state index in [0.717, 1.165) is 0 Å². The zero-order valence-corrected chi connectivity index (χ0v) is 19.9. The number of nitrogens with one attached hydrogen (secondary N) is 2. The molecule has 180 valence electrons. The molecular weight excluding hydrogens is 458 g/mol. The summed E-state index contributed by atoms with van der Waals surface area (Å²) < 4.78 is 12.1. The molecule has 3 atom stereocenters. The number of carbonyl (C=O) groups excluding carboxylic acids is 3. The van der Waals surface area contributed by atoms with Crippen LogP contribution in [0.25, 0.3) is 0 Å². The van der Waals surface area contributed by atoms with Gasteiger partial charge in [0, 0.05) is 19.3 Å². The molecule has 1 fully saturated rings. The minimum absolute atomic E-state index is 0.0427. The van der Waals surface area contributed by atoms with Crippen molar-refractivity contribution in [3.05, 3.63) is 58.6 Å². The topological polar surface area (TPSA) is 97.0 Å². The minimum atomic E-state index is -0.364. The zero-order chi connectivity index (χ0) is 24.2. The number of rotatable bonds is 5. The summed E-state index contributed by atoms with van der Waals surface area (Å²) in [6.45, 7) is 2.71. The monoisotopic (exact) mass is 485 g/mol. The van der Waals surface area contributed by atoms with E-state index in [2.05, 4.69) is 10.6 Å². The molecule has 0 radical (unpaired) electrons. The molecule has 34 heavy (non-hydrogen) atoms. The van der Waals surface area contributed by atoms with Crippen LogP contribution in [-0.4, -0.2) is 61.1 Å². The van der Waals surface area contributed by atoms with Gasteiger partial charge >= 0.3 is 0 Å². The number of nitrogens with zero attached hydrogens (tertiary/aromatic N) is 1. The van der Waals surface area contributed by atoms with E-state index in [9.17, 15) is 14.4 Å². The second-order valence-corrected chi connectivity index (χ2v) is 8.88. The van der Waals surface area contributed by atoms with Crippen LogP contribution in [0.2, 0.25) is 5.02 Å². The van der Waals surface area contributed by atoms with Crippen LogP contribution >= 0.6 is 11.6 Å². The molecule has 2 aromatic rings. The Labute approximate surface area is 203 Å². The van der Waals surface area contributed by atoms with Crippen LogP contribution in [0.4, 0.5) is 5.69 Å². The third-order valence-electron chi connectivity index (χ3n) is 6.18. The Bertz CT molecular complexity index is 1090. The Morgan fingerprint density at radius 1 is 1.18 bits per heavy atom. The molecule has 2 aliphatic rings. The summed E-state index contributed by atoms with van der Waals surface area (Å²) >= 11 is 6.13. The molecule has 2 heterocycles. The van der Waals surface area contributed by atoms with Gasteiger partial charge in [-0.05, 0) is 50.1 Å². The standard InChI is InChI=1S/C25H28ClN3O5/c1-3-27-23(30)13-16-9-10-20-22(34-16)14-33-21-11-8-15(12-18(21)25(32)29(20)2)28-24(31)17-6-4-5-7-19(17)26/h4-8,11-12,16,20,22H,3,9-10,13-14H2,1-2H3,(H,27,30)(H,28,31)/t16-,20-,22-/m1/s1. The summed E-state index contributed by atoms with van der Waals surface area (Å²) in [7, 11) is 1.75. The first-order valence-electron chi connectivity index (χ1n) is 11.4. The predicted molar refractivity (Wildman–Crippen MR) is 128 cm³/mol. The molecule has 0 saturated carbocycles. The van der Waals surface area contributed by atoms with Gasteiger partial charge in [0.2, 0.25) is 5.91 Å². The van der Waals surface area contributed by atoms with E-state index in [1.807, 2.05) is 6.92 Å². The molecule has 2 aliphatic heterocycles. The van der Waals surface area contributed by atoms with Crippen molar-refractivity contribution in [2.45, 2.75) is 44.4 Å². The molecular formula is C25H28ClN3O5. The number of hydrogen-bond donors (Lipinski definition) is 2. The first kappa shape index (κ1) is 24.0. The van der Waals surface area contributed by atoms with E-state index >= 15 is 0 Å². The first-order chi connectivity index (χ1) is 16.4. The molecule has 2 aromatic carbocycles. The maximum absolute atomic E-state index is 13.3. The molecule has 0 spiro atoms. The molecule has 0 aliphatic carbocycles. The maximum Gasteiger partial charge on any atom is 0.257 e. The summed E-state index contributed by atoms with van der Waals surface area (Å²) in [4.78, 5) is 39.6. The fourth-order valence-electron chi connectivity index (χ4n) is 4.43. The van der Waals surface area contributed by atoms with Crippen molar-refractivity contribution < 1.29 is 23.9 Å². The number of hydrogen-bond acceptors (Lipinski definition) is 5. The van der Waals surface area contributed by atoms with Crippen LogP contribution in [0.15, 0.2) is 42.5 Å². The number of likely N-dealkylation sites (N-methyl/N-ethyl adjacent to an activating group) is 1. The molecule has 2 N–H and O–H groups in total. The SMILES string of the molecule is CCNC(=O)C[C@H]1CC[C@@H]2[C@@H](COc3ccc(NC(=O)c4ccccc4Cl)cc3C(=O)N2C)O1. The Balaban J connectivity index is 1.50. The van der Waals surface area contributed by atoms with E-state index in [1.165, 1.54) is 0 Å². The van der Waals surface area contributed by atoms with Crippen LogP contribution in [0.1, 0.15) is 46.9 Å². The summed E-state index contributed by atoms with van der Waals surface area (Å²) in [5, 5.41) is 5.94. The lowest BCUT2D eigenvalue weighted by Crippen LogP contribution is -2.54. The average Bonchev–Trinajstić information content (AvgIpc) is 2.82. The number of benzene rings is 2. The van der Waals surface area contributed by atoms with Gasteiger partial charge in [0.25, 0.3) is 11.8 Å². The van der Waals surface area contributed by atoms with Gasteiger partial charge in [-0.2, -0.15) is 0 Å². The molecule has 8 nitrogen and oxygen atoms in total. The highest BCUT2D eigenvalue weighted by Gasteiger charge is 2.39. The van der Waals surface area contributed by atoms with Gasteiger partial charge in [-0.1, -0.05) is 23.7 Å². The van der Waals surface area contributed by atoms with Gasteiger partial charge in [0.1, 0.15) is 18.5 Å². The third-order valence-corrected chi connectivity index (χ3v) is 6.50. The maximum atomic E-state index is 13.3. The Morgan fingerprint density at radius 2 is 1.97 bits per heavy atom. The van der Waals surface area contributed by atoms with E-state index in [0.29, 0.717) is 53.4 Å². The van der Waals surface area contributed by atoms with Crippen molar-refractivity contribution in [3.63, 3.8) is 0 Å². The molecule has 3 amide bonds. The van der Waals surface area contributed by atoms with E-state index < -0.39 is 0 Å². The number of ether oxygens (including phenoxy) is 2. The molecule has 0 bridgehead atoms. The van der Waals surface area contributed by atoms with E-state index in [-0.39, 0.29) is 42.6 Å². The fraction of sp³-hybridized carbons (Fsp3) is 0.400. The van der Waals surface area contributed by atoms with Crippen molar-refractivity contribution in [3.8, 4) is 5.75 Å². The summed E-state index contributed by atoms with van der Waals surface area (Å²) in [6, 6.07) is 11.6. The van der Waals surface area contributed by atoms with Crippen LogP contribution in [-0.2, 0) is 9.53 Å². The van der Waals surface area contributed by atoms with Crippen LogP contribution in [0.5, 0.6) is 5.75 Å². The Morgan fingerprint density at radius 3 is 2.74 bits per heavy atom. The highest BCUT2D eigenvalue weighted by molar-refractivity contribution is 6.34. The van der Waals surface area contributed by atoms with Crippen molar-refractivity contribution >= 4 is 35.0 Å². The lowest BCUT2D eigenvalue weighted by Gasteiger charge is -2.42. The number of anilines is 1. The van der Waals surface area contributed by atoms with E-state index in [1.54, 1.807) is 54.4 Å². The van der Waals surface area contributed by atoms with Crippen molar-refractivity contribution in [1.82, 2.24) is 10.2 Å². The summed E-state index contributed by atoms with van der Waals surface area (Å²) in [5.74, 6) is -0.208. The summed E-state index contributed by atoms with van der Waals surface area (Å²) in [6.07, 6.45) is 1.13. The van der Waals surface area contributed by atoms with E-state index in [4.69, 9.17) is 21.1 Å². The van der Waals surface area contributed by atoms with Crippen molar-refractivity contribution in [1.29, 1.82) is 0 Å². The van der Waals surface area contributed by atoms with Gasteiger partial charge in [0.05, 0.1) is 34.7 Å². The average molecular weight is 486 g/mol. The van der Waals surface area contributed by atoms with Gasteiger partial charge in [-0.3, -0.25) is 14.4 Å². The van der Waals surface area contributed by atoms with Crippen molar-refractivity contribution in [2.75, 3.05) is 25.5 Å². The van der Waals surface area contributed by atoms with Gasteiger partial charge < -0.3 is 25.0 Å². The highest BCUT2D eigenvalue weighted by Crippen LogP contribution is 2.32. The highest BCUT2D eigenvalue weighted by atomic mass is 35.5. The van der Waals surface area contributed by atoms with Crippen LogP contribution in [0.3, 0.4) is 0 Å². The second kappa shape index (κ2) is 10.4. The lowest BCUT2D eigenvalue weighted by molar-refractivity contribution is -0.133. The molecule has 1 saturated heterocycles. The van der Waals surface area contributed by atoms with Gasteiger partial charge in [-0.15, -0.1) is 0 Å². The minimum Gasteiger partial charge on any atom is -0.490 e. The second-order valence-electron chi connectivity index (χ2n) is 8.47. The number of carbonyl (C=O) groups is 3. The predicted octanol–water partition coefficient (Wildman–Crippen LogP) is 3.50. The van der Waals surface area contributed by atoms with Crippen LogP contribution in [0, 0.1) is 0 Å². The molecule has 4 rings (SSSR count). The molecule has 0 aromatic heterocycles. The van der Waals surface area contributed by atoms with Gasteiger partial charge in [-0.25, -0.2) is 0 Å². The van der Waals surface area contributed by atoms with Crippen LogP contribution < -0.4 is 15.4 Å². The number of halogens is 1. The fourth-order valence-corrected chi connectivity index (χ4v) is 4.65. The first-order valence-corrected chi connectivity index (χ1v) is 11.8. The normalized spacial score (nSPS) is 21.9. The molecule has 0 unspecified atom stereocenters. The largest absolute Gasteiger partial charge is 0.490 e. The number of amides is 3.